The number of anilines is 2. The molecule has 0 unspecified atom stereocenters. The Balaban J connectivity index is 2.17. The molecule has 2 rings (SSSR count). The van der Waals surface area contributed by atoms with Gasteiger partial charge in [-0.2, -0.15) is 0 Å². The van der Waals surface area contributed by atoms with Crippen LogP contribution in [0.25, 0.3) is 0 Å². The first-order chi connectivity index (χ1) is 11.8. The highest BCUT2D eigenvalue weighted by molar-refractivity contribution is 6.43. The molecule has 0 bridgehead atoms. The highest BCUT2D eigenvalue weighted by atomic mass is 16.6. The standard InChI is InChI=1S/C17H17N3O5/c1-10-4-6-13(11(2)8-10)18-16(21)17(22)19-14-9-12(20(23)24)5-7-15(14)25-3/h4-9H,1-3H3,(H,18,21)(H,19,22). The molecule has 0 heterocycles. The monoisotopic (exact) mass is 343 g/mol. The Morgan fingerprint density at radius 1 is 1.00 bits per heavy atom. The van der Waals surface area contributed by atoms with Crippen LogP contribution in [0.5, 0.6) is 5.75 Å². The van der Waals surface area contributed by atoms with Crippen molar-refractivity contribution in [2.24, 2.45) is 0 Å². The molecule has 8 nitrogen and oxygen atoms in total. The number of hydrogen-bond donors (Lipinski definition) is 2. The molecular weight excluding hydrogens is 326 g/mol. The van der Waals surface area contributed by atoms with E-state index in [1.807, 2.05) is 26.0 Å². The Kier molecular flexibility index (Phi) is 5.33. The number of nitro groups is 1. The van der Waals surface area contributed by atoms with Crippen molar-refractivity contribution in [2.75, 3.05) is 17.7 Å². The van der Waals surface area contributed by atoms with E-state index in [1.54, 1.807) is 6.07 Å². The third-order valence-corrected chi connectivity index (χ3v) is 3.48. The maximum absolute atomic E-state index is 12.1. The van der Waals surface area contributed by atoms with Crippen LogP contribution in [-0.2, 0) is 9.59 Å². The zero-order chi connectivity index (χ0) is 18.6. The number of nitrogens with one attached hydrogen (secondary N) is 2. The van der Waals surface area contributed by atoms with Crippen LogP contribution < -0.4 is 15.4 Å². The van der Waals surface area contributed by atoms with E-state index in [0.29, 0.717) is 5.69 Å². The Bertz CT molecular complexity index is 848. The number of ether oxygens (including phenoxy) is 1. The van der Waals surface area contributed by atoms with Crippen molar-refractivity contribution in [1.29, 1.82) is 0 Å². The molecule has 8 heteroatoms. The number of methoxy groups -OCH3 is 1. The molecule has 2 amide bonds. The van der Waals surface area contributed by atoms with E-state index in [4.69, 9.17) is 4.74 Å². The van der Waals surface area contributed by atoms with Crippen LogP contribution >= 0.6 is 0 Å². The molecular formula is C17H17N3O5. The lowest BCUT2D eigenvalue weighted by molar-refractivity contribution is -0.384. The van der Waals surface area contributed by atoms with Gasteiger partial charge in [0.1, 0.15) is 5.75 Å². The fourth-order valence-corrected chi connectivity index (χ4v) is 2.22. The van der Waals surface area contributed by atoms with Crippen LogP contribution in [0, 0.1) is 24.0 Å². The molecule has 25 heavy (non-hydrogen) atoms. The van der Waals surface area contributed by atoms with Crippen molar-refractivity contribution < 1.29 is 19.2 Å². The summed E-state index contributed by atoms with van der Waals surface area (Å²) in [5.41, 5.74) is 2.16. The van der Waals surface area contributed by atoms with Gasteiger partial charge in [0, 0.05) is 17.8 Å². The fraction of sp³-hybridized carbons (Fsp3) is 0.176. The summed E-state index contributed by atoms with van der Waals surface area (Å²) in [6.07, 6.45) is 0. The van der Waals surface area contributed by atoms with Crippen LogP contribution in [-0.4, -0.2) is 23.8 Å². The molecule has 0 atom stereocenters. The van der Waals surface area contributed by atoms with Crippen molar-refractivity contribution in [3.8, 4) is 5.75 Å². The minimum Gasteiger partial charge on any atom is -0.495 e. The number of amides is 2. The van der Waals surface area contributed by atoms with Gasteiger partial charge in [-0.1, -0.05) is 17.7 Å². The zero-order valence-electron chi connectivity index (χ0n) is 14.0. The topological polar surface area (TPSA) is 111 Å². The van der Waals surface area contributed by atoms with Gasteiger partial charge in [-0.25, -0.2) is 0 Å². The molecule has 2 aromatic carbocycles. The zero-order valence-corrected chi connectivity index (χ0v) is 14.0. The number of benzene rings is 2. The lowest BCUT2D eigenvalue weighted by Crippen LogP contribution is -2.29. The molecule has 0 fully saturated rings. The Labute approximate surface area is 144 Å². The van der Waals surface area contributed by atoms with Crippen LogP contribution in [0.2, 0.25) is 0 Å². The second-order valence-corrected chi connectivity index (χ2v) is 5.37. The maximum Gasteiger partial charge on any atom is 0.314 e. The Morgan fingerprint density at radius 3 is 2.20 bits per heavy atom. The van der Waals surface area contributed by atoms with E-state index < -0.39 is 16.7 Å². The van der Waals surface area contributed by atoms with E-state index >= 15 is 0 Å². The summed E-state index contributed by atoms with van der Waals surface area (Å²) in [6, 6.07) is 9.09. The van der Waals surface area contributed by atoms with Crippen LogP contribution in [0.15, 0.2) is 36.4 Å². The largest absolute Gasteiger partial charge is 0.495 e. The Morgan fingerprint density at radius 2 is 1.64 bits per heavy atom. The molecule has 0 saturated carbocycles. The number of hydrogen-bond acceptors (Lipinski definition) is 5. The quantitative estimate of drug-likeness (QED) is 0.504. The third kappa shape index (κ3) is 4.31. The van der Waals surface area contributed by atoms with Gasteiger partial charge >= 0.3 is 11.8 Å². The molecule has 0 aliphatic rings. The van der Waals surface area contributed by atoms with Gasteiger partial charge in [0.05, 0.1) is 17.7 Å². The Hall–Kier alpha value is -3.42. The van der Waals surface area contributed by atoms with Gasteiger partial charge in [-0.3, -0.25) is 19.7 Å². The predicted octanol–water partition coefficient (Wildman–Crippen LogP) is 2.80. The average Bonchev–Trinajstić information content (AvgIpc) is 2.57. The second kappa shape index (κ2) is 7.43. The molecule has 0 aromatic heterocycles. The van der Waals surface area contributed by atoms with Gasteiger partial charge in [0.25, 0.3) is 5.69 Å². The molecule has 0 aliphatic carbocycles. The molecule has 0 radical (unpaired) electrons. The van der Waals surface area contributed by atoms with Crippen LogP contribution in [0.4, 0.5) is 17.1 Å². The third-order valence-electron chi connectivity index (χ3n) is 3.48. The van der Waals surface area contributed by atoms with Gasteiger partial charge in [0.15, 0.2) is 0 Å². The molecule has 130 valence electrons. The summed E-state index contributed by atoms with van der Waals surface area (Å²) in [5.74, 6) is -1.64. The maximum atomic E-state index is 12.1. The van der Waals surface area contributed by atoms with Gasteiger partial charge in [0.2, 0.25) is 0 Å². The van der Waals surface area contributed by atoms with E-state index in [0.717, 1.165) is 17.2 Å². The minimum atomic E-state index is -0.959. The van der Waals surface area contributed by atoms with Crippen molar-refractivity contribution in [2.45, 2.75) is 13.8 Å². The smallest absolute Gasteiger partial charge is 0.314 e. The minimum absolute atomic E-state index is 0.0393. The van der Waals surface area contributed by atoms with E-state index in [-0.39, 0.29) is 17.1 Å². The number of carbonyl (C=O) groups excluding carboxylic acids is 2. The summed E-state index contributed by atoms with van der Waals surface area (Å²) in [5, 5.41) is 15.7. The molecule has 2 N–H and O–H groups in total. The van der Waals surface area contributed by atoms with Crippen molar-refractivity contribution in [1.82, 2.24) is 0 Å². The molecule has 0 spiro atoms. The highest BCUT2D eigenvalue weighted by Gasteiger charge is 2.19. The molecule has 0 saturated heterocycles. The van der Waals surface area contributed by atoms with Gasteiger partial charge < -0.3 is 15.4 Å². The van der Waals surface area contributed by atoms with Crippen LogP contribution in [0.1, 0.15) is 11.1 Å². The number of nitrogens with zero attached hydrogens (tertiary/aromatic N) is 1. The average molecular weight is 343 g/mol. The first kappa shape index (κ1) is 17.9. The highest BCUT2D eigenvalue weighted by Crippen LogP contribution is 2.28. The SMILES string of the molecule is COc1ccc([N+](=O)[O-])cc1NC(=O)C(=O)Nc1ccc(C)cc1C. The summed E-state index contributed by atoms with van der Waals surface area (Å²) in [4.78, 5) is 34.4. The number of aryl methyl sites for hydroxylation is 2. The number of non-ortho nitro benzene ring substituents is 1. The lowest BCUT2D eigenvalue weighted by Gasteiger charge is -2.11. The van der Waals surface area contributed by atoms with Crippen molar-refractivity contribution in [3.05, 3.63) is 57.6 Å². The van der Waals surface area contributed by atoms with E-state index in [1.165, 1.54) is 19.2 Å². The first-order valence-electron chi connectivity index (χ1n) is 7.34. The lowest BCUT2D eigenvalue weighted by atomic mass is 10.1. The first-order valence-corrected chi connectivity index (χ1v) is 7.34. The van der Waals surface area contributed by atoms with Gasteiger partial charge in [-0.15, -0.1) is 0 Å². The molecule has 2 aromatic rings. The summed E-state index contributed by atoms with van der Waals surface area (Å²) < 4.78 is 5.04. The second-order valence-electron chi connectivity index (χ2n) is 5.37. The van der Waals surface area contributed by atoms with Crippen molar-refractivity contribution >= 4 is 28.9 Å². The predicted molar refractivity (Wildman–Crippen MR) is 92.8 cm³/mol. The summed E-state index contributed by atoms with van der Waals surface area (Å²) in [6.45, 7) is 3.73. The van der Waals surface area contributed by atoms with E-state index in [9.17, 15) is 19.7 Å². The van der Waals surface area contributed by atoms with E-state index in [2.05, 4.69) is 10.6 Å². The summed E-state index contributed by atoms with van der Waals surface area (Å²) >= 11 is 0. The number of carbonyl (C=O) groups is 2. The van der Waals surface area contributed by atoms with Crippen molar-refractivity contribution in [3.63, 3.8) is 0 Å². The molecule has 0 aliphatic heterocycles. The van der Waals surface area contributed by atoms with Gasteiger partial charge in [-0.05, 0) is 31.5 Å². The number of nitro benzene ring substituents is 1. The number of rotatable bonds is 4. The summed E-state index contributed by atoms with van der Waals surface area (Å²) in [7, 11) is 1.35. The van der Waals surface area contributed by atoms with Crippen LogP contribution in [0.3, 0.4) is 0 Å². The normalized spacial score (nSPS) is 10.0. The fourth-order valence-electron chi connectivity index (χ4n) is 2.22.